The second-order valence-corrected chi connectivity index (χ2v) is 5.89. The number of carbonyl (C=O) groups is 1. The van der Waals surface area contributed by atoms with Gasteiger partial charge in [0.2, 0.25) is 5.91 Å². The van der Waals surface area contributed by atoms with E-state index in [2.05, 4.69) is 14.7 Å². The molecular formula is C18H11F6N3O2. The first-order chi connectivity index (χ1) is 13.4. The van der Waals surface area contributed by atoms with Gasteiger partial charge in [0.15, 0.2) is 0 Å². The molecule has 29 heavy (non-hydrogen) atoms. The summed E-state index contributed by atoms with van der Waals surface area (Å²) in [5.74, 6) is -1.72. The Bertz CT molecular complexity index is 1100. The van der Waals surface area contributed by atoms with Gasteiger partial charge in [0, 0.05) is 35.0 Å². The van der Waals surface area contributed by atoms with Crippen molar-refractivity contribution in [3.05, 3.63) is 53.9 Å². The number of hydrogen-bond acceptors (Lipinski definition) is 3. The smallest absolute Gasteiger partial charge is 0.406 e. The highest BCUT2D eigenvalue weighted by Crippen LogP contribution is 2.37. The standard InChI is InChI=1S/C18H11F6N3O2/c19-17(20,21)12-3-10(4-13(6-12)29-18(22,23)24)11-5-14-9(1-2-15(25)28)7-26-16(14)27-8-11/h1-8H,(H2,25,28)(H,26,27). The quantitative estimate of drug-likeness (QED) is 0.481. The van der Waals surface area contributed by atoms with E-state index < -0.39 is 29.8 Å². The summed E-state index contributed by atoms with van der Waals surface area (Å²) in [6, 6.07) is 3.21. The van der Waals surface area contributed by atoms with Gasteiger partial charge in [-0.1, -0.05) is 0 Å². The maximum absolute atomic E-state index is 13.1. The highest BCUT2D eigenvalue weighted by Gasteiger charge is 2.35. The van der Waals surface area contributed by atoms with Crippen LogP contribution in [0.25, 0.3) is 28.2 Å². The minimum absolute atomic E-state index is 0.115. The molecule has 0 aliphatic carbocycles. The summed E-state index contributed by atoms with van der Waals surface area (Å²) >= 11 is 0. The molecule has 0 fully saturated rings. The van der Waals surface area contributed by atoms with Crippen LogP contribution in [0.2, 0.25) is 0 Å². The maximum atomic E-state index is 13.1. The highest BCUT2D eigenvalue weighted by atomic mass is 19.4. The van der Waals surface area contributed by atoms with Gasteiger partial charge >= 0.3 is 12.5 Å². The molecule has 152 valence electrons. The fraction of sp³-hybridized carbons (Fsp3) is 0.111. The summed E-state index contributed by atoms with van der Waals surface area (Å²) in [6.45, 7) is 0. The number of aromatic amines is 1. The molecule has 0 atom stereocenters. The van der Waals surface area contributed by atoms with Crippen LogP contribution in [0.3, 0.4) is 0 Å². The second kappa shape index (κ2) is 7.15. The third-order valence-corrected chi connectivity index (χ3v) is 3.79. The number of nitrogens with one attached hydrogen (secondary N) is 1. The van der Waals surface area contributed by atoms with E-state index in [1.807, 2.05) is 0 Å². The number of hydrogen-bond donors (Lipinski definition) is 2. The number of H-pyrrole nitrogens is 1. The molecule has 0 saturated heterocycles. The summed E-state index contributed by atoms with van der Waals surface area (Å²) in [5, 5.41) is 0.427. The van der Waals surface area contributed by atoms with Crippen molar-refractivity contribution < 1.29 is 35.9 Å². The van der Waals surface area contributed by atoms with E-state index in [1.165, 1.54) is 24.5 Å². The van der Waals surface area contributed by atoms with E-state index in [1.54, 1.807) is 0 Å². The Balaban J connectivity index is 2.13. The molecule has 0 aliphatic heterocycles. The Morgan fingerprint density at radius 1 is 1.07 bits per heavy atom. The third kappa shape index (κ3) is 4.86. The van der Waals surface area contributed by atoms with Crippen LogP contribution in [0.1, 0.15) is 11.1 Å². The first-order valence-corrected chi connectivity index (χ1v) is 7.85. The van der Waals surface area contributed by atoms with Crippen LogP contribution in [0, 0.1) is 0 Å². The van der Waals surface area contributed by atoms with Gasteiger partial charge in [-0.05, 0) is 35.9 Å². The molecule has 0 aliphatic rings. The topological polar surface area (TPSA) is 81.0 Å². The number of pyridine rings is 1. The van der Waals surface area contributed by atoms with Crippen LogP contribution in [-0.2, 0) is 11.0 Å². The molecule has 0 radical (unpaired) electrons. The van der Waals surface area contributed by atoms with Gasteiger partial charge in [-0.15, -0.1) is 13.2 Å². The Hall–Kier alpha value is -3.50. The van der Waals surface area contributed by atoms with E-state index in [4.69, 9.17) is 5.73 Å². The lowest BCUT2D eigenvalue weighted by atomic mass is 10.0. The molecule has 0 saturated carbocycles. The van der Waals surface area contributed by atoms with Crippen molar-refractivity contribution in [3.8, 4) is 16.9 Å². The van der Waals surface area contributed by atoms with Crippen molar-refractivity contribution in [2.45, 2.75) is 12.5 Å². The molecule has 2 aromatic heterocycles. The minimum Gasteiger partial charge on any atom is -0.406 e. The number of carbonyl (C=O) groups excluding carboxylic acids is 1. The SMILES string of the molecule is NC(=O)C=Cc1c[nH]c2ncc(-c3cc(OC(F)(F)F)cc(C(F)(F)F)c3)cc12. The molecule has 0 unspecified atom stereocenters. The van der Waals surface area contributed by atoms with Crippen molar-refractivity contribution >= 4 is 23.0 Å². The second-order valence-electron chi connectivity index (χ2n) is 5.89. The molecule has 2 heterocycles. The number of alkyl halides is 6. The average Bonchev–Trinajstić information content (AvgIpc) is 2.99. The van der Waals surface area contributed by atoms with Gasteiger partial charge in [0.05, 0.1) is 5.56 Å². The number of aromatic nitrogens is 2. The normalized spacial score (nSPS) is 12.6. The number of halogens is 6. The van der Waals surface area contributed by atoms with Crippen molar-refractivity contribution in [3.63, 3.8) is 0 Å². The summed E-state index contributed by atoms with van der Waals surface area (Å²) in [4.78, 5) is 17.8. The van der Waals surface area contributed by atoms with E-state index in [-0.39, 0.29) is 17.2 Å². The molecular weight excluding hydrogens is 404 g/mol. The lowest BCUT2D eigenvalue weighted by Crippen LogP contribution is -2.18. The molecule has 1 amide bonds. The number of nitrogens with zero attached hydrogens (tertiary/aromatic N) is 1. The van der Waals surface area contributed by atoms with Crippen LogP contribution in [0.4, 0.5) is 26.3 Å². The Labute approximate surface area is 158 Å². The zero-order valence-corrected chi connectivity index (χ0v) is 14.2. The van der Waals surface area contributed by atoms with Crippen LogP contribution in [0.15, 0.2) is 42.7 Å². The first-order valence-electron chi connectivity index (χ1n) is 7.85. The zero-order valence-electron chi connectivity index (χ0n) is 14.2. The van der Waals surface area contributed by atoms with Crippen molar-refractivity contribution in [2.75, 3.05) is 0 Å². The molecule has 11 heteroatoms. The number of primary amides is 1. The summed E-state index contributed by atoms with van der Waals surface area (Å²) in [6.07, 6.45) is -4.90. The third-order valence-electron chi connectivity index (χ3n) is 3.79. The van der Waals surface area contributed by atoms with Gasteiger partial charge in [0.1, 0.15) is 11.4 Å². The van der Waals surface area contributed by atoms with E-state index in [0.29, 0.717) is 22.7 Å². The number of rotatable bonds is 4. The Morgan fingerprint density at radius 3 is 2.41 bits per heavy atom. The van der Waals surface area contributed by atoms with E-state index >= 15 is 0 Å². The van der Waals surface area contributed by atoms with E-state index in [0.717, 1.165) is 12.1 Å². The van der Waals surface area contributed by atoms with E-state index in [9.17, 15) is 31.1 Å². The van der Waals surface area contributed by atoms with Crippen LogP contribution in [-0.4, -0.2) is 22.2 Å². The van der Waals surface area contributed by atoms with Gasteiger partial charge in [-0.25, -0.2) is 4.98 Å². The average molecular weight is 415 g/mol. The summed E-state index contributed by atoms with van der Waals surface area (Å²) in [7, 11) is 0. The van der Waals surface area contributed by atoms with Crippen molar-refractivity contribution in [1.82, 2.24) is 9.97 Å². The molecule has 0 spiro atoms. The lowest BCUT2D eigenvalue weighted by Gasteiger charge is -2.14. The van der Waals surface area contributed by atoms with Gasteiger partial charge in [0.25, 0.3) is 0 Å². The monoisotopic (exact) mass is 415 g/mol. The number of benzene rings is 1. The largest absolute Gasteiger partial charge is 0.573 e. The fourth-order valence-electron chi connectivity index (χ4n) is 2.61. The van der Waals surface area contributed by atoms with Gasteiger partial charge < -0.3 is 15.5 Å². The van der Waals surface area contributed by atoms with Gasteiger partial charge in [-0.2, -0.15) is 13.2 Å². The predicted octanol–water partition coefficient (Wildman–Crippen LogP) is 4.65. The van der Waals surface area contributed by atoms with Crippen molar-refractivity contribution in [2.24, 2.45) is 5.73 Å². The molecule has 1 aromatic carbocycles. The molecule has 0 bridgehead atoms. The number of ether oxygens (including phenoxy) is 1. The first kappa shape index (κ1) is 20.2. The van der Waals surface area contributed by atoms with Crippen LogP contribution >= 0.6 is 0 Å². The molecule has 3 N–H and O–H groups in total. The van der Waals surface area contributed by atoms with Crippen LogP contribution < -0.4 is 10.5 Å². The van der Waals surface area contributed by atoms with Crippen molar-refractivity contribution in [1.29, 1.82) is 0 Å². The number of nitrogens with two attached hydrogens (primary N) is 1. The fourth-order valence-corrected chi connectivity index (χ4v) is 2.61. The molecule has 3 aromatic rings. The van der Waals surface area contributed by atoms with Crippen LogP contribution in [0.5, 0.6) is 5.75 Å². The van der Waals surface area contributed by atoms with Gasteiger partial charge in [-0.3, -0.25) is 4.79 Å². The number of fused-ring (bicyclic) bond motifs is 1. The maximum Gasteiger partial charge on any atom is 0.573 e. The Kier molecular flexibility index (Phi) is 4.99. The lowest BCUT2D eigenvalue weighted by molar-refractivity contribution is -0.274. The molecule has 5 nitrogen and oxygen atoms in total. The number of amides is 1. The minimum atomic E-state index is -5.16. The molecule has 3 rings (SSSR count). The Morgan fingerprint density at radius 2 is 1.79 bits per heavy atom. The zero-order chi connectivity index (χ0) is 21.4. The predicted molar refractivity (Wildman–Crippen MR) is 91.4 cm³/mol. The summed E-state index contributed by atoms with van der Waals surface area (Å²) < 4.78 is 80.6. The summed E-state index contributed by atoms with van der Waals surface area (Å²) in [5.41, 5.74) is 4.48. The highest BCUT2D eigenvalue weighted by molar-refractivity contribution is 5.95.